The van der Waals surface area contributed by atoms with Gasteiger partial charge in [-0.05, 0) is 55.0 Å². The summed E-state index contributed by atoms with van der Waals surface area (Å²) in [6.07, 6.45) is 4.32. The van der Waals surface area contributed by atoms with Crippen LogP contribution < -0.4 is 5.32 Å². The molecule has 2 nitrogen and oxygen atoms in total. The number of benzene rings is 1. The highest BCUT2D eigenvalue weighted by atomic mass is 19.1. The fourth-order valence-electron chi connectivity index (χ4n) is 2.57. The maximum absolute atomic E-state index is 13.0. The Balaban J connectivity index is 1.72. The van der Waals surface area contributed by atoms with E-state index in [1.165, 1.54) is 24.0 Å². The topological polar surface area (TPSA) is 24.9 Å². The summed E-state index contributed by atoms with van der Waals surface area (Å²) < 4.78 is 13.0. The van der Waals surface area contributed by atoms with Crippen LogP contribution in [-0.2, 0) is 6.54 Å². The van der Waals surface area contributed by atoms with E-state index in [-0.39, 0.29) is 5.82 Å². The van der Waals surface area contributed by atoms with Gasteiger partial charge < -0.3 is 5.32 Å². The molecule has 0 saturated heterocycles. The Morgan fingerprint density at radius 2 is 2.00 bits per heavy atom. The summed E-state index contributed by atoms with van der Waals surface area (Å²) in [5.74, 6) is 0.494. The van der Waals surface area contributed by atoms with Crippen LogP contribution >= 0.6 is 0 Å². The lowest BCUT2D eigenvalue weighted by Crippen LogP contribution is -2.23. The first-order valence-electron chi connectivity index (χ1n) is 7.13. The van der Waals surface area contributed by atoms with Gasteiger partial charge in [-0.2, -0.15) is 0 Å². The second-order valence-corrected chi connectivity index (χ2v) is 5.51. The number of hydrogen-bond acceptors (Lipinski definition) is 2. The molecule has 20 heavy (non-hydrogen) atoms. The molecular formula is C17H19FN2. The van der Waals surface area contributed by atoms with Crippen LogP contribution in [0.5, 0.6) is 0 Å². The van der Waals surface area contributed by atoms with Crippen molar-refractivity contribution in [2.45, 2.75) is 32.4 Å². The largest absolute Gasteiger partial charge is 0.304 e. The predicted octanol–water partition coefficient (Wildman–Crippen LogP) is 3.77. The molecule has 1 aliphatic carbocycles. The molecule has 1 aliphatic rings. The van der Waals surface area contributed by atoms with Crippen molar-refractivity contribution in [1.29, 1.82) is 0 Å². The molecule has 0 bridgehead atoms. The molecule has 0 spiro atoms. The lowest BCUT2D eigenvalue weighted by atomic mass is 10.0. The summed E-state index contributed by atoms with van der Waals surface area (Å²) in [6, 6.07) is 11.2. The van der Waals surface area contributed by atoms with Crippen LogP contribution in [0.1, 0.15) is 35.7 Å². The molecular weight excluding hydrogens is 251 g/mol. The number of rotatable bonds is 5. The lowest BCUT2D eigenvalue weighted by molar-refractivity contribution is 0.475. The maximum atomic E-state index is 13.0. The van der Waals surface area contributed by atoms with Gasteiger partial charge in [0.15, 0.2) is 0 Å². The van der Waals surface area contributed by atoms with Crippen molar-refractivity contribution < 1.29 is 4.39 Å². The number of pyridine rings is 1. The van der Waals surface area contributed by atoms with E-state index >= 15 is 0 Å². The Morgan fingerprint density at radius 1 is 1.25 bits per heavy atom. The number of aromatic nitrogens is 1. The summed E-state index contributed by atoms with van der Waals surface area (Å²) in [4.78, 5) is 4.42. The molecule has 1 aromatic carbocycles. The van der Waals surface area contributed by atoms with Gasteiger partial charge >= 0.3 is 0 Å². The van der Waals surface area contributed by atoms with Crippen molar-refractivity contribution in [2.24, 2.45) is 5.92 Å². The predicted molar refractivity (Wildman–Crippen MR) is 77.7 cm³/mol. The maximum Gasteiger partial charge on any atom is 0.123 e. The van der Waals surface area contributed by atoms with Gasteiger partial charge in [-0.1, -0.05) is 18.2 Å². The van der Waals surface area contributed by atoms with E-state index in [1.54, 1.807) is 12.1 Å². The molecule has 2 aromatic rings. The molecule has 0 aliphatic heterocycles. The third-order valence-corrected chi connectivity index (χ3v) is 3.93. The van der Waals surface area contributed by atoms with E-state index in [2.05, 4.69) is 23.3 Å². The molecule has 0 amide bonds. The number of hydrogen-bond donors (Lipinski definition) is 1. The van der Waals surface area contributed by atoms with Crippen LogP contribution in [0, 0.1) is 18.7 Å². The molecule has 104 valence electrons. The van der Waals surface area contributed by atoms with Crippen molar-refractivity contribution in [3.63, 3.8) is 0 Å². The molecule has 0 radical (unpaired) electrons. The molecule has 1 fully saturated rings. The van der Waals surface area contributed by atoms with Gasteiger partial charge in [0.1, 0.15) is 5.82 Å². The van der Waals surface area contributed by atoms with Crippen molar-refractivity contribution in [1.82, 2.24) is 10.3 Å². The first kappa shape index (κ1) is 13.3. The molecule has 3 rings (SSSR count). The Labute approximate surface area is 119 Å². The summed E-state index contributed by atoms with van der Waals surface area (Å²) in [5.41, 5.74) is 3.45. The van der Waals surface area contributed by atoms with Crippen LogP contribution in [-0.4, -0.2) is 4.98 Å². The van der Waals surface area contributed by atoms with Gasteiger partial charge in [0, 0.05) is 18.8 Å². The van der Waals surface area contributed by atoms with Gasteiger partial charge in [-0.25, -0.2) is 4.39 Å². The lowest BCUT2D eigenvalue weighted by Gasteiger charge is -2.19. The highest BCUT2D eigenvalue weighted by molar-refractivity contribution is 5.23. The molecule has 1 atom stereocenters. The molecule has 1 aromatic heterocycles. The summed E-state index contributed by atoms with van der Waals surface area (Å²) in [7, 11) is 0. The van der Waals surface area contributed by atoms with E-state index in [0.29, 0.717) is 12.0 Å². The minimum Gasteiger partial charge on any atom is -0.304 e. The average molecular weight is 270 g/mol. The Hall–Kier alpha value is -1.74. The highest BCUT2D eigenvalue weighted by Gasteiger charge is 2.32. The van der Waals surface area contributed by atoms with Crippen LogP contribution in [0.2, 0.25) is 0 Å². The van der Waals surface area contributed by atoms with E-state index in [1.807, 2.05) is 24.4 Å². The minimum absolute atomic E-state index is 0.177. The van der Waals surface area contributed by atoms with E-state index < -0.39 is 0 Å². The second kappa shape index (κ2) is 5.71. The molecule has 1 unspecified atom stereocenters. The number of aryl methyl sites for hydroxylation is 1. The van der Waals surface area contributed by atoms with E-state index in [0.717, 1.165) is 12.2 Å². The Morgan fingerprint density at radius 3 is 2.65 bits per heavy atom. The van der Waals surface area contributed by atoms with E-state index in [9.17, 15) is 4.39 Å². The summed E-state index contributed by atoms with van der Waals surface area (Å²) >= 11 is 0. The normalized spacial score (nSPS) is 16.1. The van der Waals surface area contributed by atoms with Crippen molar-refractivity contribution in [3.8, 4) is 0 Å². The van der Waals surface area contributed by atoms with Gasteiger partial charge in [0.05, 0.1) is 5.69 Å². The van der Waals surface area contributed by atoms with Gasteiger partial charge in [0.2, 0.25) is 0 Å². The van der Waals surface area contributed by atoms with Gasteiger partial charge in [-0.15, -0.1) is 0 Å². The fraction of sp³-hybridized carbons (Fsp3) is 0.353. The monoisotopic (exact) mass is 270 g/mol. The van der Waals surface area contributed by atoms with Gasteiger partial charge in [-0.3, -0.25) is 4.98 Å². The fourth-order valence-corrected chi connectivity index (χ4v) is 2.57. The van der Waals surface area contributed by atoms with Crippen molar-refractivity contribution in [2.75, 3.05) is 0 Å². The number of nitrogens with one attached hydrogen (secondary N) is 1. The average Bonchev–Trinajstić information content (AvgIpc) is 3.27. The van der Waals surface area contributed by atoms with E-state index in [4.69, 9.17) is 0 Å². The molecule has 1 saturated carbocycles. The van der Waals surface area contributed by atoms with Crippen LogP contribution in [0.15, 0.2) is 42.6 Å². The summed E-state index contributed by atoms with van der Waals surface area (Å²) in [6.45, 7) is 2.83. The molecule has 1 N–H and O–H groups in total. The third-order valence-electron chi connectivity index (χ3n) is 3.93. The van der Waals surface area contributed by atoms with Crippen LogP contribution in [0.25, 0.3) is 0 Å². The Kier molecular flexibility index (Phi) is 3.79. The zero-order valence-corrected chi connectivity index (χ0v) is 11.6. The smallest absolute Gasteiger partial charge is 0.123 e. The van der Waals surface area contributed by atoms with Crippen molar-refractivity contribution >= 4 is 0 Å². The molecule has 1 heterocycles. The van der Waals surface area contributed by atoms with Crippen molar-refractivity contribution in [3.05, 3.63) is 65.2 Å². The van der Waals surface area contributed by atoms with Crippen LogP contribution in [0.4, 0.5) is 4.39 Å². The first-order valence-corrected chi connectivity index (χ1v) is 7.13. The quantitative estimate of drug-likeness (QED) is 0.894. The molecule has 3 heteroatoms. The highest BCUT2D eigenvalue weighted by Crippen LogP contribution is 2.41. The SMILES string of the molecule is Cc1cccnc1CNC(c1ccc(F)cc1)C1CC1. The zero-order valence-electron chi connectivity index (χ0n) is 11.6. The van der Waals surface area contributed by atoms with Gasteiger partial charge in [0.25, 0.3) is 0 Å². The zero-order chi connectivity index (χ0) is 13.9. The second-order valence-electron chi connectivity index (χ2n) is 5.51. The number of nitrogens with zero attached hydrogens (tertiary/aromatic N) is 1. The summed E-state index contributed by atoms with van der Waals surface area (Å²) in [5, 5.41) is 3.59. The standard InChI is InChI=1S/C17H19FN2/c1-12-3-2-10-19-16(12)11-20-17(13-4-5-13)14-6-8-15(18)9-7-14/h2-3,6-10,13,17,20H,4-5,11H2,1H3. The number of halogens is 1. The minimum atomic E-state index is -0.177. The Bertz CT molecular complexity index is 576. The first-order chi connectivity index (χ1) is 9.74. The third kappa shape index (κ3) is 3.05. The van der Waals surface area contributed by atoms with Crippen LogP contribution in [0.3, 0.4) is 0 Å².